The Balaban J connectivity index is 1.40. The number of aryl methyl sites for hydroxylation is 1. The highest BCUT2D eigenvalue weighted by molar-refractivity contribution is 8.17. The van der Waals surface area contributed by atoms with Crippen LogP contribution >= 0.6 is 11.8 Å². The Hall–Kier alpha value is -2.54. The number of carboxylic acid groups (broad SMARTS) is 1. The fraction of sp³-hybridized carbons (Fsp3) is 0.409. The Kier molecular flexibility index (Phi) is 6.04. The first kappa shape index (κ1) is 19.8. The molecule has 7 heteroatoms. The third kappa shape index (κ3) is 4.72. The molecule has 1 unspecified atom stereocenters. The topological polar surface area (TPSA) is 76.7 Å². The van der Waals surface area contributed by atoms with E-state index in [9.17, 15) is 9.90 Å². The number of imidazole rings is 1. The number of aliphatic imine (C=N–C) groups is 1. The molecule has 0 fully saturated rings. The molecule has 0 radical (unpaired) electrons. The van der Waals surface area contributed by atoms with E-state index in [-0.39, 0.29) is 12.3 Å². The van der Waals surface area contributed by atoms with Crippen LogP contribution in [0.15, 0.2) is 52.1 Å². The molecule has 1 aliphatic carbocycles. The van der Waals surface area contributed by atoms with Crippen molar-refractivity contribution < 1.29 is 14.6 Å². The van der Waals surface area contributed by atoms with Crippen molar-refractivity contribution in [3.05, 3.63) is 58.5 Å². The zero-order valence-corrected chi connectivity index (χ0v) is 17.3. The molecule has 0 saturated heterocycles. The number of hydrogen-bond donors (Lipinski definition) is 1. The lowest BCUT2D eigenvalue weighted by Crippen LogP contribution is -2.15. The van der Waals surface area contributed by atoms with Crippen LogP contribution in [0, 0.1) is 0 Å². The summed E-state index contributed by atoms with van der Waals surface area (Å²) in [5.74, 6) is 0.360. The molecular formula is C22H25N3O3S. The number of carbonyl (C=O) groups is 1. The molecule has 1 aromatic heterocycles. The van der Waals surface area contributed by atoms with Crippen molar-refractivity contribution in [1.29, 1.82) is 0 Å². The molecule has 29 heavy (non-hydrogen) atoms. The largest absolute Gasteiger partial charge is 0.487 e. The first-order valence-corrected chi connectivity index (χ1v) is 10.8. The molecule has 6 nitrogen and oxygen atoms in total. The van der Waals surface area contributed by atoms with Crippen molar-refractivity contribution in [2.24, 2.45) is 12.0 Å². The van der Waals surface area contributed by atoms with Gasteiger partial charge < -0.3 is 14.4 Å². The van der Waals surface area contributed by atoms with Crippen LogP contribution < -0.4 is 4.74 Å². The molecule has 1 aromatic carbocycles. The number of hydrogen-bond acceptors (Lipinski definition) is 5. The van der Waals surface area contributed by atoms with Crippen LogP contribution in [0.4, 0.5) is 0 Å². The third-order valence-electron chi connectivity index (χ3n) is 5.41. The van der Waals surface area contributed by atoms with Gasteiger partial charge in [-0.2, -0.15) is 0 Å². The smallest absolute Gasteiger partial charge is 0.304 e. The molecule has 2 aromatic rings. The molecule has 4 rings (SSSR count). The summed E-state index contributed by atoms with van der Waals surface area (Å²) in [6.45, 7) is 1.29. The normalized spacial score (nSPS) is 17.5. The average Bonchev–Trinajstić information content (AvgIpc) is 3.16. The van der Waals surface area contributed by atoms with Gasteiger partial charge in [-0.3, -0.25) is 9.79 Å². The summed E-state index contributed by atoms with van der Waals surface area (Å²) in [6.07, 6.45) is 8.44. The number of aliphatic carboxylic acids is 1. The van der Waals surface area contributed by atoms with Crippen molar-refractivity contribution in [2.45, 2.75) is 38.0 Å². The minimum absolute atomic E-state index is 0.00402. The van der Waals surface area contributed by atoms with Gasteiger partial charge in [0.2, 0.25) is 0 Å². The Morgan fingerprint density at radius 2 is 2.07 bits per heavy atom. The lowest BCUT2D eigenvalue weighted by Gasteiger charge is -2.23. The zero-order chi connectivity index (χ0) is 20.2. The number of benzene rings is 1. The number of ether oxygens (including phenoxy) is 1. The van der Waals surface area contributed by atoms with Crippen molar-refractivity contribution in [1.82, 2.24) is 9.55 Å². The molecule has 152 valence electrons. The van der Waals surface area contributed by atoms with Crippen molar-refractivity contribution in [2.75, 3.05) is 13.2 Å². The average molecular weight is 412 g/mol. The maximum Gasteiger partial charge on any atom is 0.304 e. The molecular weight excluding hydrogens is 386 g/mol. The van der Waals surface area contributed by atoms with Crippen molar-refractivity contribution >= 4 is 22.8 Å². The Morgan fingerprint density at radius 1 is 1.28 bits per heavy atom. The lowest BCUT2D eigenvalue weighted by molar-refractivity contribution is -0.137. The van der Waals surface area contributed by atoms with E-state index in [0.29, 0.717) is 6.61 Å². The van der Waals surface area contributed by atoms with Gasteiger partial charge in [0.05, 0.1) is 18.9 Å². The second-order valence-corrected chi connectivity index (χ2v) is 8.62. The summed E-state index contributed by atoms with van der Waals surface area (Å²) in [7, 11) is 1.88. The SMILES string of the molecule is Cn1ccnc1C(CC(=O)O)c1ccc(OCC2=NCC3=C(CCCC3)S2)cc1. The van der Waals surface area contributed by atoms with Crippen LogP contribution in [0.3, 0.4) is 0 Å². The highest BCUT2D eigenvalue weighted by Crippen LogP contribution is 2.36. The summed E-state index contributed by atoms with van der Waals surface area (Å²) in [5, 5.41) is 10.4. The molecule has 0 spiro atoms. The number of thioether (sulfide) groups is 1. The summed E-state index contributed by atoms with van der Waals surface area (Å²) < 4.78 is 7.81. The number of rotatable bonds is 7. The first-order valence-electron chi connectivity index (χ1n) is 9.94. The summed E-state index contributed by atoms with van der Waals surface area (Å²) >= 11 is 1.78. The van der Waals surface area contributed by atoms with Crippen LogP contribution in [0.2, 0.25) is 0 Å². The minimum Gasteiger partial charge on any atom is -0.487 e. The van der Waals surface area contributed by atoms with E-state index in [1.165, 1.54) is 36.2 Å². The minimum atomic E-state index is -0.845. The molecule has 0 bridgehead atoms. The van der Waals surface area contributed by atoms with Crippen LogP contribution in [-0.4, -0.2) is 38.8 Å². The fourth-order valence-electron chi connectivity index (χ4n) is 3.85. The van der Waals surface area contributed by atoms with Crippen LogP contribution in [-0.2, 0) is 11.8 Å². The van der Waals surface area contributed by atoms with Gasteiger partial charge in [-0.1, -0.05) is 23.9 Å². The Labute approximate surface area is 174 Å². The highest BCUT2D eigenvalue weighted by atomic mass is 32.2. The predicted octanol–water partition coefficient (Wildman–Crippen LogP) is 4.38. The van der Waals surface area contributed by atoms with Crippen LogP contribution in [0.5, 0.6) is 5.75 Å². The fourth-order valence-corrected chi connectivity index (χ4v) is 4.94. The van der Waals surface area contributed by atoms with Crippen molar-refractivity contribution in [3.8, 4) is 5.75 Å². The number of allylic oxidation sites excluding steroid dienone is 1. The standard InChI is InChI=1S/C22H25N3O3S/c1-25-11-10-23-22(25)18(12-21(26)27)15-6-8-17(9-7-15)28-14-20-24-13-16-4-2-3-5-19(16)29-20/h6-11,18H,2-5,12-14H2,1H3,(H,26,27). The van der Waals surface area contributed by atoms with Crippen LogP contribution in [0.1, 0.15) is 49.4 Å². The number of nitrogens with zero attached hydrogens (tertiary/aromatic N) is 3. The van der Waals surface area contributed by atoms with E-state index >= 15 is 0 Å². The van der Waals surface area contributed by atoms with Gasteiger partial charge in [-0.25, -0.2) is 4.98 Å². The van der Waals surface area contributed by atoms with E-state index in [1.54, 1.807) is 18.0 Å². The van der Waals surface area contributed by atoms with Crippen LogP contribution in [0.25, 0.3) is 0 Å². The molecule has 2 heterocycles. The number of carboxylic acids is 1. The molecule has 0 saturated carbocycles. The second kappa shape index (κ2) is 8.86. The lowest BCUT2D eigenvalue weighted by atomic mass is 9.94. The quantitative estimate of drug-likeness (QED) is 0.732. The van der Waals surface area contributed by atoms with Gasteiger partial charge in [-0.05, 0) is 53.9 Å². The zero-order valence-electron chi connectivity index (χ0n) is 16.5. The molecule has 0 amide bonds. The van der Waals surface area contributed by atoms with Gasteiger partial charge in [0.1, 0.15) is 23.2 Å². The van der Waals surface area contributed by atoms with E-state index in [4.69, 9.17) is 4.74 Å². The molecule has 1 aliphatic heterocycles. The van der Waals surface area contributed by atoms with Gasteiger partial charge in [-0.15, -0.1) is 0 Å². The monoisotopic (exact) mass is 411 g/mol. The number of aromatic nitrogens is 2. The van der Waals surface area contributed by atoms with E-state index < -0.39 is 5.97 Å². The Morgan fingerprint density at radius 3 is 2.79 bits per heavy atom. The summed E-state index contributed by atoms with van der Waals surface area (Å²) in [4.78, 5) is 21.9. The molecule has 1 atom stereocenters. The van der Waals surface area contributed by atoms with Gasteiger partial charge in [0.15, 0.2) is 0 Å². The van der Waals surface area contributed by atoms with E-state index in [0.717, 1.165) is 28.7 Å². The van der Waals surface area contributed by atoms with Gasteiger partial charge in [0, 0.05) is 19.4 Å². The van der Waals surface area contributed by atoms with E-state index in [2.05, 4.69) is 9.98 Å². The highest BCUT2D eigenvalue weighted by Gasteiger charge is 2.22. The van der Waals surface area contributed by atoms with Gasteiger partial charge >= 0.3 is 5.97 Å². The molecule has 2 aliphatic rings. The maximum absolute atomic E-state index is 11.4. The van der Waals surface area contributed by atoms with Crippen molar-refractivity contribution in [3.63, 3.8) is 0 Å². The molecule has 1 N–H and O–H groups in total. The third-order valence-corrected chi connectivity index (χ3v) is 6.63. The predicted molar refractivity (Wildman–Crippen MR) is 115 cm³/mol. The first-order chi connectivity index (χ1) is 14.1. The maximum atomic E-state index is 11.4. The van der Waals surface area contributed by atoms with Gasteiger partial charge in [0.25, 0.3) is 0 Å². The second-order valence-electron chi connectivity index (χ2n) is 7.45. The summed E-state index contributed by atoms with van der Waals surface area (Å²) in [5.41, 5.74) is 2.42. The summed E-state index contributed by atoms with van der Waals surface area (Å²) in [6, 6.07) is 7.64. The van der Waals surface area contributed by atoms with E-state index in [1.807, 2.05) is 42.1 Å². The Bertz CT molecular complexity index is 946.